The highest BCUT2D eigenvalue weighted by atomic mass is 32.1. The maximum atomic E-state index is 13.5. The Morgan fingerprint density at radius 2 is 1.85 bits per heavy atom. The number of hydrogen-bond acceptors (Lipinski definition) is 4. The van der Waals surface area contributed by atoms with Gasteiger partial charge in [0.15, 0.2) is 0 Å². The van der Waals surface area contributed by atoms with Crippen molar-refractivity contribution in [1.29, 1.82) is 0 Å². The molecule has 4 rings (SSSR count). The predicted octanol–water partition coefficient (Wildman–Crippen LogP) is 4.19. The van der Waals surface area contributed by atoms with E-state index in [1.54, 1.807) is 18.5 Å². The summed E-state index contributed by atoms with van der Waals surface area (Å²) >= 11 is 1.42. The topological polar surface area (TPSA) is 68.9 Å². The molecule has 6 heteroatoms. The van der Waals surface area contributed by atoms with Crippen LogP contribution in [0.15, 0.2) is 60.9 Å². The van der Waals surface area contributed by atoms with Gasteiger partial charge in [-0.25, -0.2) is 9.37 Å². The van der Waals surface area contributed by atoms with Gasteiger partial charge in [-0.15, -0.1) is 11.3 Å². The highest BCUT2D eigenvalue weighted by Gasteiger charge is 2.14. The second kappa shape index (κ2) is 6.65. The Morgan fingerprint density at radius 1 is 1.04 bits per heavy atom. The molecule has 0 aliphatic carbocycles. The molecule has 1 amide bonds. The third kappa shape index (κ3) is 3.19. The number of carbonyl (C=O) groups is 1. The summed E-state index contributed by atoms with van der Waals surface area (Å²) < 4.78 is 14.3. The molecule has 26 heavy (non-hydrogen) atoms. The Bertz CT molecular complexity index is 1110. The van der Waals surface area contributed by atoms with E-state index in [-0.39, 0.29) is 18.1 Å². The average molecular weight is 363 g/mol. The molecule has 2 heterocycles. The fourth-order valence-electron chi connectivity index (χ4n) is 2.88. The summed E-state index contributed by atoms with van der Waals surface area (Å²) in [4.78, 5) is 20.0. The number of amides is 1. The number of benzene rings is 2. The summed E-state index contributed by atoms with van der Waals surface area (Å²) in [5, 5.41) is 0.767. The Kier molecular flexibility index (Phi) is 4.18. The van der Waals surface area contributed by atoms with E-state index >= 15 is 0 Å². The van der Waals surface area contributed by atoms with Crippen LogP contribution in [-0.2, 0) is 11.2 Å². The summed E-state index contributed by atoms with van der Waals surface area (Å²) in [7, 11) is 0. The van der Waals surface area contributed by atoms with Gasteiger partial charge in [0.25, 0.3) is 0 Å². The van der Waals surface area contributed by atoms with Gasteiger partial charge in [-0.05, 0) is 53.1 Å². The molecule has 2 N–H and O–H groups in total. The molecule has 0 unspecified atom stereocenters. The lowest BCUT2D eigenvalue weighted by Crippen LogP contribution is -2.13. The van der Waals surface area contributed by atoms with Crippen molar-refractivity contribution in [2.45, 2.75) is 6.42 Å². The van der Waals surface area contributed by atoms with Crippen LogP contribution in [0.2, 0.25) is 0 Å². The molecule has 0 atom stereocenters. The summed E-state index contributed by atoms with van der Waals surface area (Å²) in [5.74, 6) is -0.677. The molecule has 0 aliphatic rings. The van der Waals surface area contributed by atoms with Crippen LogP contribution in [0, 0.1) is 5.82 Å². The maximum absolute atomic E-state index is 13.5. The van der Waals surface area contributed by atoms with Gasteiger partial charge in [0.1, 0.15) is 10.8 Å². The maximum Gasteiger partial charge on any atom is 0.221 e. The van der Waals surface area contributed by atoms with Crippen LogP contribution in [0.25, 0.3) is 31.9 Å². The smallest absolute Gasteiger partial charge is 0.221 e. The molecule has 0 fully saturated rings. The lowest BCUT2D eigenvalue weighted by Gasteiger charge is -2.10. The number of pyridine rings is 1. The number of aromatic nitrogens is 2. The van der Waals surface area contributed by atoms with Crippen molar-refractivity contribution in [2.75, 3.05) is 0 Å². The highest BCUT2D eigenvalue weighted by Crippen LogP contribution is 2.37. The number of fused-ring (bicyclic) bond motifs is 1. The van der Waals surface area contributed by atoms with Crippen LogP contribution in [-0.4, -0.2) is 15.9 Å². The fourth-order valence-corrected chi connectivity index (χ4v) is 3.90. The summed E-state index contributed by atoms with van der Waals surface area (Å²) in [5.41, 5.74) is 9.75. The Labute approximate surface area is 153 Å². The monoisotopic (exact) mass is 363 g/mol. The third-order valence-electron chi connectivity index (χ3n) is 4.03. The van der Waals surface area contributed by atoms with Crippen LogP contribution >= 0.6 is 11.3 Å². The number of nitrogens with two attached hydrogens (primary N) is 1. The van der Waals surface area contributed by atoms with Crippen molar-refractivity contribution < 1.29 is 9.18 Å². The van der Waals surface area contributed by atoms with Gasteiger partial charge in [-0.1, -0.05) is 12.1 Å². The minimum atomic E-state index is -0.390. The second-order valence-electron chi connectivity index (χ2n) is 5.89. The molecule has 0 radical (unpaired) electrons. The number of primary amides is 1. The fraction of sp³-hybridized carbons (Fsp3) is 0.0500. The number of carbonyl (C=O) groups excluding carboxylic acids is 1. The number of rotatable bonds is 4. The van der Waals surface area contributed by atoms with E-state index in [1.807, 2.05) is 30.3 Å². The summed E-state index contributed by atoms with van der Waals surface area (Å²) in [6.07, 6.45) is 3.61. The van der Waals surface area contributed by atoms with Crippen LogP contribution in [0.1, 0.15) is 5.56 Å². The molecule has 0 bridgehead atoms. The lowest BCUT2D eigenvalue weighted by molar-refractivity contribution is -0.117. The van der Waals surface area contributed by atoms with Gasteiger partial charge in [-0.2, -0.15) is 0 Å². The molecule has 4 nitrogen and oxygen atoms in total. The van der Waals surface area contributed by atoms with E-state index in [4.69, 9.17) is 5.73 Å². The van der Waals surface area contributed by atoms with Crippen molar-refractivity contribution in [3.63, 3.8) is 0 Å². The Balaban J connectivity index is 1.91. The van der Waals surface area contributed by atoms with E-state index in [1.165, 1.54) is 23.5 Å². The van der Waals surface area contributed by atoms with E-state index in [0.717, 1.165) is 37.5 Å². The molecule has 128 valence electrons. The Morgan fingerprint density at radius 3 is 2.62 bits per heavy atom. The second-order valence-corrected chi connectivity index (χ2v) is 6.92. The number of hydrogen-bond donors (Lipinski definition) is 1. The highest BCUT2D eigenvalue weighted by molar-refractivity contribution is 7.21. The molecular weight excluding hydrogens is 349 g/mol. The molecule has 2 aromatic heterocycles. The van der Waals surface area contributed by atoms with Gasteiger partial charge >= 0.3 is 0 Å². The van der Waals surface area contributed by atoms with Crippen molar-refractivity contribution >= 4 is 27.5 Å². The summed E-state index contributed by atoms with van der Waals surface area (Å²) in [6, 6.07) is 14.2. The zero-order valence-electron chi connectivity index (χ0n) is 13.6. The molecule has 4 aromatic rings. The predicted molar refractivity (Wildman–Crippen MR) is 101 cm³/mol. The Hall–Kier alpha value is -3.12. The first kappa shape index (κ1) is 16.4. The molecule has 0 saturated heterocycles. The van der Waals surface area contributed by atoms with E-state index in [2.05, 4.69) is 9.97 Å². The lowest BCUT2D eigenvalue weighted by atomic mass is 9.97. The average Bonchev–Trinajstić information content (AvgIpc) is 3.05. The molecule has 0 spiro atoms. The van der Waals surface area contributed by atoms with Crippen molar-refractivity contribution in [3.05, 3.63) is 72.3 Å². The first-order valence-corrected chi connectivity index (χ1v) is 8.80. The van der Waals surface area contributed by atoms with Gasteiger partial charge in [-0.3, -0.25) is 9.78 Å². The van der Waals surface area contributed by atoms with E-state index < -0.39 is 0 Å². The van der Waals surface area contributed by atoms with Crippen LogP contribution in [0.4, 0.5) is 4.39 Å². The minimum absolute atomic E-state index is 0.156. The molecule has 0 saturated carbocycles. The van der Waals surface area contributed by atoms with Crippen LogP contribution in [0.5, 0.6) is 0 Å². The van der Waals surface area contributed by atoms with Gasteiger partial charge < -0.3 is 5.73 Å². The minimum Gasteiger partial charge on any atom is -0.369 e. The first-order chi connectivity index (χ1) is 12.6. The molecular formula is C20H14FN3OS. The van der Waals surface area contributed by atoms with E-state index in [9.17, 15) is 9.18 Å². The van der Waals surface area contributed by atoms with Gasteiger partial charge in [0.05, 0.1) is 16.6 Å². The van der Waals surface area contributed by atoms with Gasteiger partial charge in [0.2, 0.25) is 5.91 Å². The number of nitrogens with zero attached hydrogens (tertiary/aromatic N) is 2. The number of thiazole rings is 1. The zero-order valence-corrected chi connectivity index (χ0v) is 14.5. The summed E-state index contributed by atoms with van der Waals surface area (Å²) in [6.45, 7) is 0. The third-order valence-corrected chi connectivity index (χ3v) is 5.09. The SMILES string of the molecule is NC(=O)Cc1ccc(-c2ccncc2)c(-c2nc3ccc(F)cc3s2)c1. The number of halogens is 1. The van der Waals surface area contributed by atoms with Crippen LogP contribution < -0.4 is 5.73 Å². The zero-order chi connectivity index (χ0) is 18.1. The van der Waals surface area contributed by atoms with Crippen molar-refractivity contribution in [1.82, 2.24) is 9.97 Å². The quantitative estimate of drug-likeness (QED) is 0.591. The molecule has 0 aliphatic heterocycles. The largest absolute Gasteiger partial charge is 0.369 e. The van der Waals surface area contributed by atoms with Crippen molar-refractivity contribution in [2.24, 2.45) is 5.73 Å². The van der Waals surface area contributed by atoms with E-state index in [0.29, 0.717) is 0 Å². The molecule has 2 aromatic carbocycles. The first-order valence-electron chi connectivity index (χ1n) is 7.98. The van der Waals surface area contributed by atoms with Gasteiger partial charge in [0, 0.05) is 18.0 Å². The van der Waals surface area contributed by atoms with Crippen LogP contribution in [0.3, 0.4) is 0 Å². The normalized spacial score (nSPS) is 11.0. The van der Waals surface area contributed by atoms with Crippen molar-refractivity contribution in [3.8, 4) is 21.7 Å². The standard InChI is InChI=1S/C20H14FN3OS/c21-14-2-4-17-18(11-14)26-20(24-17)16-9-12(10-19(22)25)1-3-15(16)13-5-7-23-8-6-13/h1-9,11H,10H2,(H2,22,25).